The third-order valence-corrected chi connectivity index (χ3v) is 6.81. The van der Waals surface area contributed by atoms with Crippen LogP contribution in [0.5, 0.6) is 11.5 Å². The van der Waals surface area contributed by atoms with Crippen molar-refractivity contribution in [1.82, 2.24) is 9.88 Å². The zero-order chi connectivity index (χ0) is 26.1. The monoisotopic (exact) mass is 516 g/mol. The number of amides is 1. The molecule has 37 heavy (non-hydrogen) atoms. The molecular weight excluding hydrogens is 492 g/mol. The Bertz CT molecular complexity index is 1520. The number of H-pyrrole nitrogens is 1. The second-order valence-electron chi connectivity index (χ2n) is 8.77. The number of hydrogen-bond donors (Lipinski definition) is 3. The maximum Gasteiger partial charge on any atom is 0.295 e. The number of ketones is 1. The van der Waals surface area contributed by atoms with Crippen molar-refractivity contribution in [2.24, 2.45) is 0 Å². The van der Waals surface area contributed by atoms with Crippen molar-refractivity contribution < 1.29 is 24.5 Å². The number of aromatic amines is 1. The van der Waals surface area contributed by atoms with Gasteiger partial charge in [-0.3, -0.25) is 9.59 Å². The molecule has 188 valence electrons. The molecule has 0 saturated carbocycles. The second kappa shape index (κ2) is 10.0. The number of aromatic nitrogens is 1. The number of rotatable bonds is 7. The lowest BCUT2D eigenvalue weighted by Gasteiger charge is -2.26. The fourth-order valence-electron chi connectivity index (χ4n) is 4.77. The van der Waals surface area contributed by atoms with Gasteiger partial charge in [-0.1, -0.05) is 35.9 Å². The molecule has 3 aromatic carbocycles. The number of nitrogens with one attached hydrogen (secondary N) is 1. The maximum atomic E-state index is 13.3. The fourth-order valence-corrected chi connectivity index (χ4v) is 4.90. The van der Waals surface area contributed by atoms with Gasteiger partial charge < -0.3 is 24.8 Å². The van der Waals surface area contributed by atoms with Crippen LogP contribution < -0.4 is 4.74 Å². The number of aliphatic hydroxyl groups is 1. The van der Waals surface area contributed by atoms with Crippen molar-refractivity contribution in [3.05, 3.63) is 100 Å². The molecule has 7 nitrogen and oxygen atoms in total. The lowest BCUT2D eigenvalue weighted by atomic mass is 9.95. The van der Waals surface area contributed by atoms with E-state index in [-0.39, 0.29) is 29.4 Å². The summed E-state index contributed by atoms with van der Waals surface area (Å²) < 4.78 is 5.55. The molecule has 1 aliphatic heterocycles. The van der Waals surface area contributed by atoms with Crippen LogP contribution in [0.3, 0.4) is 0 Å². The van der Waals surface area contributed by atoms with Gasteiger partial charge in [-0.2, -0.15) is 0 Å². The average Bonchev–Trinajstić information content (AvgIpc) is 3.42. The minimum atomic E-state index is -0.874. The molecule has 1 fully saturated rings. The van der Waals surface area contributed by atoms with Gasteiger partial charge in [0.2, 0.25) is 0 Å². The molecule has 3 N–H and O–H groups in total. The standard InChI is InChI=1S/C29H25ClN2O5/c1-2-37-24-15-18(9-12-23(24)33)26-25(27(34)17-7-10-20(30)11-8-17)28(35)29(36)32(26)14-13-19-16-31-22-6-4-3-5-21(19)22/h3-12,15-16,26,31,33-34H,2,13-14H2,1H3/b27-25-. The van der Waals surface area contributed by atoms with Crippen LogP contribution in [0.15, 0.2) is 78.5 Å². The number of aliphatic hydroxyl groups excluding tert-OH is 1. The van der Waals surface area contributed by atoms with Crippen LogP contribution in [-0.4, -0.2) is 44.9 Å². The number of para-hydroxylation sites is 1. The molecule has 1 unspecified atom stereocenters. The summed E-state index contributed by atoms with van der Waals surface area (Å²) >= 11 is 6.00. The molecular formula is C29H25ClN2O5. The Morgan fingerprint density at radius 2 is 1.84 bits per heavy atom. The van der Waals surface area contributed by atoms with Crippen molar-refractivity contribution in [2.45, 2.75) is 19.4 Å². The fraction of sp³-hybridized carbons (Fsp3) is 0.172. The molecule has 1 aliphatic rings. The molecule has 1 aromatic heterocycles. The first kappa shape index (κ1) is 24.5. The van der Waals surface area contributed by atoms with E-state index >= 15 is 0 Å². The van der Waals surface area contributed by atoms with Crippen molar-refractivity contribution in [1.29, 1.82) is 0 Å². The van der Waals surface area contributed by atoms with Crippen LogP contribution in [0, 0.1) is 0 Å². The first-order chi connectivity index (χ1) is 17.9. The van der Waals surface area contributed by atoms with Crippen LogP contribution in [0.25, 0.3) is 16.7 Å². The summed E-state index contributed by atoms with van der Waals surface area (Å²) in [6.07, 6.45) is 2.39. The number of benzene rings is 3. The summed E-state index contributed by atoms with van der Waals surface area (Å²) in [5.41, 5.74) is 2.87. The Morgan fingerprint density at radius 1 is 1.08 bits per heavy atom. The summed E-state index contributed by atoms with van der Waals surface area (Å²) in [5, 5.41) is 23.0. The van der Waals surface area contributed by atoms with Gasteiger partial charge in [0.25, 0.3) is 11.7 Å². The number of Topliss-reactive ketones (excluding diaryl/α,β-unsaturated/α-hetero) is 1. The number of phenolic OH excluding ortho intramolecular Hbond substituents is 1. The van der Waals surface area contributed by atoms with Gasteiger partial charge in [-0.05, 0) is 66.9 Å². The number of ether oxygens (including phenoxy) is 1. The number of carbonyl (C=O) groups excluding carboxylic acids is 2. The number of nitrogens with zero attached hydrogens (tertiary/aromatic N) is 1. The van der Waals surface area contributed by atoms with Crippen molar-refractivity contribution >= 4 is 40.0 Å². The first-order valence-electron chi connectivity index (χ1n) is 11.9. The van der Waals surface area contributed by atoms with Crippen LogP contribution in [0.2, 0.25) is 5.02 Å². The highest BCUT2D eigenvalue weighted by Crippen LogP contribution is 2.42. The lowest BCUT2D eigenvalue weighted by molar-refractivity contribution is -0.139. The molecule has 5 rings (SSSR count). The predicted octanol–water partition coefficient (Wildman–Crippen LogP) is 5.59. The highest BCUT2D eigenvalue weighted by Gasteiger charge is 2.46. The lowest BCUT2D eigenvalue weighted by Crippen LogP contribution is -2.31. The smallest absolute Gasteiger partial charge is 0.295 e. The Morgan fingerprint density at radius 3 is 2.59 bits per heavy atom. The first-order valence-corrected chi connectivity index (χ1v) is 12.3. The number of aromatic hydroxyl groups is 1. The Hall–Kier alpha value is -4.23. The van der Waals surface area contributed by atoms with E-state index in [4.69, 9.17) is 16.3 Å². The molecule has 0 bridgehead atoms. The second-order valence-corrected chi connectivity index (χ2v) is 9.21. The van der Waals surface area contributed by atoms with Crippen molar-refractivity contribution in [2.75, 3.05) is 13.2 Å². The van der Waals surface area contributed by atoms with E-state index < -0.39 is 17.7 Å². The van der Waals surface area contributed by atoms with E-state index in [1.807, 2.05) is 30.5 Å². The van der Waals surface area contributed by atoms with Crippen LogP contribution >= 0.6 is 11.6 Å². The maximum absolute atomic E-state index is 13.3. The van der Waals surface area contributed by atoms with Crippen LogP contribution in [0.4, 0.5) is 0 Å². The molecule has 0 radical (unpaired) electrons. The topological polar surface area (TPSA) is 103 Å². The number of halogens is 1. The van der Waals surface area contributed by atoms with Gasteiger partial charge in [0.05, 0.1) is 18.2 Å². The summed E-state index contributed by atoms with van der Waals surface area (Å²) in [4.78, 5) is 31.3. The average molecular weight is 517 g/mol. The molecule has 2 heterocycles. The molecule has 0 aliphatic carbocycles. The zero-order valence-electron chi connectivity index (χ0n) is 20.1. The molecule has 8 heteroatoms. The SMILES string of the molecule is CCOc1cc(C2/C(=C(/O)c3ccc(Cl)cc3)C(=O)C(=O)N2CCc2c[nH]c3ccccc23)ccc1O. The highest BCUT2D eigenvalue weighted by molar-refractivity contribution is 6.46. The van der Waals surface area contributed by atoms with E-state index in [0.717, 1.165) is 16.5 Å². The number of carbonyl (C=O) groups is 2. The zero-order valence-corrected chi connectivity index (χ0v) is 20.8. The molecule has 0 spiro atoms. The minimum Gasteiger partial charge on any atom is -0.507 e. The minimum absolute atomic E-state index is 0.0283. The predicted molar refractivity (Wildman–Crippen MR) is 142 cm³/mol. The van der Waals surface area contributed by atoms with Crippen molar-refractivity contribution in [3.8, 4) is 11.5 Å². The van der Waals surface area contributed by atoms with Gasteiger partial charge in [0.15, 0.2) is 11.5 Å². The quantitative estimate of drug-likeness (QED) is 0.169. The van der Waals surface area contributed by atoms with Gasteiger partial charge in [0.1, 0.15) is 5.76 Å². The summed E-state index contributed by atoms with van der Waals surface area (Å²) in [5.74, 6) is -1.60. The summed E-state index contributed by atoms with van der Waals surface area (Å²) in [7, 11) is 0. The Labute approximate surface area is 218 Å². The van der Waals surface area contributed by atoms with Gasteiger partial charge in [0, 0.05) is 34.2 Å². The summed E-state index contributed by atoms with van der Waals surface area (Å²) in [6.45, 7) is 2.35. The van der Waals surface area contributed by atoms with Gasteiger partial charge in [-0.25, -0.2) is 0 Å². The normalized spacial score (nSPS) is 17.0. The molecule has 1 saturated heterocycles. The number of likely N-dealkylation sites (tertiary alicyclic amines) is 1. The van der Waals surface area contributed by atoms with E-state index in [2.05, 4.69) is 4.98 Å². The number of phenols is 1. The molecule has 4 aromatic rings. The van der Waals surface area contributed by atoms with Gasteiger partial charge >= 0.3 is 0 Å². The number of hydrogen-bond acceptors (Lipinski definition) is 5. The van der Waals surface area contributed by atoms with Crippen molar-refractivity contribution in [3.63, 3.8) is 0 Å². The van der Waals surface area contributed by atoms with Crippen LogP contribution in [0.1, 0.15) is 29.7 Å². The largest absolute Gasteiger partial charge is 0.507 e. The van der Waals surface area contributed by atoms with E-state index in [9.17, 15) is 19.8 Å². The highest BCUT2D eigenvalue weighted by atomic mass is 35.5. The van der Waals surface area contributed by atoms with E-state index in [1.165, 1.54) is 11.0 Å². The van der Waals surface area contributed by atoms with Gasteiger partial charge in [-0.15, -0.1) is 0 Å². The van der Waals surface area contributed by atoms with Crippen LogP contribution in [-0.2, 0) is 16.0 Å². The number of fused-ring (bicyclic) bond motifs is 1. The third-order valence-electron chi connectivity index (χ3n) is 6.55. The summed E-state index contributed by atoms with van der Waals surface area (Å²) in [6, 6.07) is 18.1. The molecule has 1 atom stereocenters. The van der Waals surface area contributed by atoms with E-state index in [0.29, 0.717) is 29.2 Å². The Kier molecular flexibility index (Phi) is 6.63. The third kappa shape index (κ3) is 4.54. The Balaban J connectivity index is 1.59. The van der Waals surface area contributed by atoms with E-state index in [1.54, 1.807) is 43.3 Å². The molecule has 1 amide bonds.